The summed E-state index contributed by atoms with van der Waals surface area (Å²) in [6.07, 6.45) is 4.71. The molecule has 1 aromatic rings. The lowest BCUT2D eigenvalue weighted by Gasteiger charge is -2.37. The molecule has 0 radical (unpaired) electrons. The summed E-state index contributed by atoms with van der Waals surface area (Å²) >= 11 is 6.13. The summed E-state index contributed by atoms with van der Waals surface area (Å²) in [6, 6.07) is 7.03. The number of carbonyl (C=O) groups excluding carboxylic acids is 2. The number of anilines is 1. The number of halogens is 1. The Bertz CT molecular complexity index is 668. The number of likely N-dealkylation sites (tertiary alicyclic amines) is 1. The summed E-state index contributed by atoms with van der Waals surface area (Å²) < 4.78 is 0. The lowest BCUT2D eigenvalue weighted by Crippen LogP contribution is -2.54. The molecule has 1 unspecified atom stereocenters. The van der Waals surface area contributed by atoms with Crippen molar-refractivity contribution in [2.24, 2.45) is 0 Å². The van der Waals surface area contributed by atoms with Crippen LogP contribution in [0.4, 0.5) is 5.69 Å². The molecule has 1 aromatic carbocycles. The van der Waals surface area contributed by atoms with Gasteiger partial charge in [0, 0.05) is 39.3 Å². The lowest BCUT2D eigenvalue weighted by atomic mass is 10.2. The first kappa shape index (κ1) is 21.1. The van der Waals surface area contributed by atoms with E-state index in [9.17, 15) is 9.59 Å². The zero-order chi connectivity index (χ0) is 19.9. The third-order valence-corrected chi connectivity index (χ3v) is 6.11. The van der Waals surface area contributed by atoms with Gasteiger partial charge in [-0.25, -0.2) is 0 Å². The lowest BCUT2D eigenvalue weighted by molar-refractivity contribution is -0.133. The normalized spacial score (nSPS) is 20.4. The topological polar surface area (TPSA) is 55.9 Å². The van der Waals surface area contributed by atoms with Gasteiger partial charge in [0.05, 0.1) is 23.3 Å². The highest BCUT2D eigenvalue weighted by Crippen LogP contribution is 2.21. The number of rotatable bonds is 5. The van der Waals surface area contributed by atoms with Crippen LogP contribution in [0.15, 0.2) is 24.3 Å². The monoisotopic (exact) mass is 406 g/mol. The van der Waals surface area contributed by atoms with Crippen LogP contribution in [0.1, 0.15) is 32.6 Å². The number of carbonyl (C=O) groups is 2. The molecule has 0 spiro atoms. The molecule has 1 atom stereocenters. The van der Waals surface area contributed by atoms with E-state index in [1.165, 1.54) is 12.8 Å². The van der Waals surface area contributed by atoms with Gasteiger partial charge in [0.2, 0.25) is 11.8 Å². The Morgan fingerprint density at radius 2 is 1.64 bits per heavy atom. The highest BCUT2D eigenvalue weighted by Gasteiger charge is 2.27. The summed E-state index contributed by atoms with van der Waals surface area (Å²) in [5.41, 5.74) is 0.641. The molecule has 2 aliphatic heterocycles. The number of hydrogen-bond donors (Lipinski definition) is 1. The van der Waals surface area contributed by atoms with Gasteiger partial charge in [-0.1, -0.05) is 36.6 Å². The van der Waals surface area contributed by atoms with Crippen molar-refractivity contribution in [3.63, 3.8) is 0 Å². The summed E-state index contributed by atoms with van der Waals surface area (Å²) in [4.78, 5) is 31.6. The minimum atomic E-state index is -0.236. The molecule has 0 bridgehead atoms. The van der Waals surface area contributed by atoms with E-state index < -0.39 is 0 Å². The van der Waals surface area contributed by atoms with E-state index in [1.807, 2.05) is 24.0 Å². The van der Waals surface area contributed by atoms with Crippen molar-refractivity contribution in [1.29, 1.82) is 0 Å². The summed E-state index contributed by atoms with van der Waals surface area (Å²) in [7, 11) is 0. The smallest absolute Gasteiger partial charge is 0.241 e. The maximum absolute atomic E-state index is 12.6. The standard InChI is InChI=1S/C21H31ClN4O2/c1-17(21(28)23-19-9-5-4-8-18(19)22)25-14-12-24(13-15-25)16-20(27)26-10-6-2-3-7-11-26/h4-5,8-9,17H,2-3,6-7,10-16H2,1H3,(H,23,28). The number of benzene rings is 1. The molecule has 28 heavy (non-hydrogen) atoms. The third-order valence-electron chi connectivity index (χ3n) is 5.78. The number of hydrogen-bond acceptors (Lipinski definition) is 4. The van der Waals surface area contributed by atoms with E-state index >= 15 is 0 Å². The van der Waals surface area contributed by atoms with Gasteiger partial charge in [0.15, 0.2) is 0 Å². The molecule has 7 heteroatoms. The van der Waals surface area contributed by atoms with E-state index in [-0.39, 0.29) is 17.9 Å². The van der Waals surface area contributed by atoms with Gasteiger partial charge in [-0.2, -0.15) is 0 Å². The fourth-order valence-corrected chi connectivity index (χ4v) is 4.07. The van der Waals surface area contributed by atoms with Gasteiger partial charge in [-0.3, -0.25) is 19.4 Å². The van der Waals surface area contributed by atoms with Crippen LogP contribution in [0.3, 0.4) is 0 Å². The minimum absolute atomic E-state index is 0.0535. The Balaban J connectivity index is 1.44. The number of nitrogens with one attached hydrogen (secondary N) is 1. The van der Waals surface area contributed by atoms with Crippen molar-refractivity contribution in [2.45, 2.75) is 38.6 Å². The van der Waals surface area contributed by atoms with Gasteiger partial charge >= 0.3 is 0 Å². The van der Waals surface area contributed by atoms with E-state index in [2.05, 4.69) is 15.1 Å². The molecule has 6 nitrogen and oxygen atoms in total. The molecule has 2 aliphatic rings. The molecule has 154 valence electrons. The first-order valence-corrected chi connectivity index (χ1v) is 10.7. The quantitative estimate of drug-likeness (QED) is 0.816. The Labute approximate surface area is 172 Å². The molecule has 0 saturated carbocycles. The third kappa shape index (κ3) is 5.69. The Morgan fingerprint density at radius 1 is 1.00 bits per heavy atom. The number of piperazine rings is 1. The highest BCUT2D eigenvalue weighted by molar-refractivity contribution is 6.33. The van der Waals surface area contributed by atoms with Gasteiger partial charge in [-0.05, 0) is 31.9 Å². The maximum atomic E-state index is 12.6. The predicted molar refractivity (Wildman–Crippen MR) is 113 cm³/mol. The Hall–Kier alpha value is -1.63. The predicted octanol–water partition coefficient (Wildman–Crippen LogP) is 2.69. The van der Waals surface area contributed by atoms with E-state index in [0.717, 1.165) is 52.1 Å². The van der Waals surface area contributed by atoms with E-state index in [4.69, 9.17) is 11.6 Å². The van der Waals surface area contributed by atoms with Gasteiger partial charge < -0.3 is 10.2 Å². The van der Waals surface area contributed by atoms with Crippen LogP contribution < -0.4 is 5.32 Å². The second-order valence-corrected chi connectivity index (χ2v) is 8.16. The van der Waals surface area contributed by atoms with Gasteiger partial charge in [0.25, 0.3) is 0 Å². The first-order valence-electron chi connectivity index (χ1n) is 10.3. The van der Waals surface area contributed by atoms with E-state index in [0.29, 0.717) is 17.3 Å². The van der Waals surface area contributed by atoms with Crippen LogP contribution in [0.5, 0.6) is 0 Å². The highest BCUT2D eigenvalue weighted by atomic mass is 35.5. The Morgan fingerprint density at radius 3 is 2.29 bits per heavy atom. The number of nitrogens with zero attached hydrogens (tertiary/aromatic N) is 3. The molecular formula is C21H31ClN4O2. The maximum Gasteiger partial charge on any atom is 0.241 e. The van der Waals surface area contributed by atoms with E-state index in [1.54, 1.807) is 12.1 Å². The van der Waals surface area contributed by atoms with Crippen LogP contribution in [-0.4, -0.2) is 78.4 Å². The SMILES string of the molecule is CC(C(=O)Nc1ccccc1Cl)N1CCN(CC(=O)N2CCCCCC2)CC1. The fourth-order valence-electron chi connectivity index (χ4n) is 3.89. The summed E-state index contributed by atoms with van der Waals surface area (Å²) in [5, 5.41) is 3.45. The molecule has 0 aromatic heterocycles. The summed E-state index contributed by atoms with van der Waals surface area (Å²) in [6.45, 7) is 7.40. The number of para-hydroxylation sites is 1. The summed E-state index contributed by atoms with van der Waals surface area (Å²) in [5.74, 6) is 0.196. The zero-order valence-electron chi connectivity index (χ0n) is 16.7. The largest absolute Gasteiger partial charge is 0.342 e. The molecule has 2 heterocycles. The van der Waals surface area contributed by atoms with Crippen molar-refractivity contribution >= 4 is 29.1 Å². The molecule has 1 N–H and O–H groups in total. The molecule has 2 amide bonds. The molecule has 3 rings (SSSR count). The van der Waals surface area contributed by atoms with Gasteiger partial charge in [-0.15, -0.1) is 0 Å². The first-order chi connectivity index (χ1) is 13.5. The average Bonchev–Trinajstić information content (AvgIpc) is 2.99. The number of amides is 2. The Kier molecular flexibility index (Phi) is 7.71. The van der Waals surface area contributed by atoms with Crippen LogP contribution in [0.2, 0.25) is 5.02 Å². The van der Waals surface area contributed by atoms with Crippen LogP contribution in [-0.2, 0) is 9.59 Å². The van der Waals surface area contributed by atoms with Crippen molar-refractivity contribution in [3.8, 4) is 0 Å². The second-order valence-electron chi connectivity index (χ2n) is 7.75. The molecule has 2 saturated heterocycles. The zero-order valence-corrected chi connectivity index (χ0v) is 17.5. The van der Waals surface area contributed by atoms with Crippen molar-refractivity contribution < 1.29 is 9.59 Å². The van der Waals surface area contributed by atoms with Crippen molar-refractivity contribution in [3.05, 3.63) is 29.3 Å². The minimum Gasteiger partial charge on any atom is -0.342 e. The molecular weight excluding hydrogens is 376 g/mol. The van der Waals surface area contributed by atoms with Crippen LogP contribution >= 0.6 is 11.6 Å². The van der Waals surface area contributed by atoms with Crippen molar-refractivity contribution in [2.75, 3.05) is 51.1 Å². The average molecular weight is 407 g/mol. The fraction of sp³-hybridized carbons (Fsp3) is 0.619. The molecule has 0 aliphatic carbocycles. The van der Waals surface area contributed by atoms with Crippen LogP contribution in [0.25, 0.3) is 0 Å². The van der Waals surface area contributed by atoms with Crippen molar-refractivity contribution in [1.82, 2.24) is 14.7 Å². The van der Waals surface area contributed by atoms with Gasteiger partial charge in [0.1, 0.15) is 0 Å². The van der Waals surface area contributed by atoms with Crippen LogP contribution in [0, 0.1) is 0 Å². The second kappa shape index (κ2) is 10.2. The molecule has 2 fully saturated rings.